The van der Waals surface area contributed by atoms with Crippen molar-refractivity contribution in [1.29, 1.82) is 0 Å². The van der Waals surface area contributed by atoms with Crippen LogP contribution in [0.5, 0.6) is 11.5 Å². The van der Waals surface area contributed by atoms with Crippen LogP contribution < -0.4 is 9.47 Å². The Kier molecular flexibility index (Phi) is 9.02. The largest absolute Gasteiger partial charge is 0.490 e. The van der Waals surface area contributed by atoms with Crippen LogP contribution in [0.4, 0.5) is 8.78 Å². The van der Waals surface area contributed by atoms with Gasteiger partial charge in [-0.15, -0.1) is 6.58 Å². The van der Waals surface area contributed by atoms with E-state index in [0.29, 0.717) is 25.0 Å². The molecule has 2 saturated carbocycles. The molecule has 2 fully saturated rings. The van der Waals surface area contributed by atoms with Gasteiger partial charge in [-0.2, -0.15) is 8.78 Å². The molecule has 2 nitrogen and oxygen atoms in total. The minimum absolute atomic E-state index is 0.000178. The summed E-state index contributed by atoms with van der Waals surface area (Å²) in [6, 6.07) is 3.02. The molecule has 0 aliphatic heterocycles. The molecule has 1 aromatic carbocycles. The molecule has 2 aliphatic rings. The van der Waals surface area contributed by atoms with Crippen LogP contribution in [-0.4, -0.2) is 13.2 Å². The molecule has 0 N–H and O–H groups in total. The van der Waals surface area contributed by atoms with Crippen LogP contribution in [0.1, 0.15) is 77.6 Å². The first-order valence-electron chi connectivity index (χ1n) is 11.9. The number of hydrogen-bond acceptors (Lipinski definition) is 2. The Bertz CT molecular complexity index is 659. The van der Waals surface area contributed by atoms with Crippen molar-refractivity contribution in [3.05, 3.63) is 36.4 Å². The van der Waals surface area contributed by atoms with E-state index in [2.05, 4.69) is 13.5 Å². The molecule has 1 aromatic rings. The van der Waals surface area contributed by atoms with Gasteiger partial charge >= 0.3 is 0 Å². The summed E-state index contributed by atoms with van der Waals surface area (Å²) in [4.78, 5) is 0. The summed E-state index contributed by atoms with van der Waals surface area (Å²) >= 11 is 0. The van der Waals surface area contributed by atoms with E-state index in [4.69, 9.17) is 9.47 Å². The van der Waals surface area contributed by atoms with E-state index in [0.717, 1.165) is 43.9 Å². The molecular formula is C26H38F2O2. The van der Waals surface area contributed by atoms with E-state index in [-0.39, 0.29) is 11.5 Å². The summed E-state index contributed by atoms with van der Waals surface area (Å²) in [5, 5.41) is 0. The predicted molar refractivity (Wildman–Crippen MR) is 118 cm³/mol. The van der Waals surface area contributed by atoms with E-state index in [9.17, 15) is 8.78 Å². The summed E-state index contributed by atoms with van der Waals surface area (Å²) in [6.45, 7) is 6.94. The number of rotatable bonds is 10. The Balaban J connectivity index is 1.44. The number of ether oxygens (including phenoxy) is 2. The highest BCUT2D eigenvalue weighted by molar-refractivity contribution is 5.35. The van der Waals surface area contributed by atoms with E-state index in [1.165, 1.54) is 50.7 Å². The first-order chi connectivity index (χ1) is 14.6. The van der Waals surface area contributed by atoms with Crippen molar-refractivity contribution in [1.82, 2.24) is 0 Å². The quantitative estimate of drug-likeness (QED) is 0.361. The predicted octanol–water partition coefficient (Wildman–Crippen LogP) is 7.71. The first-order valence-corrected chi connectivity index (χ1v) is 11.9. The van der Waals surface area contributed by atoms with Gasteiger partial charge in [0.15, 0.2) is 11.5 Å². The van der Waals surface area contributed by atoms with E-state index < -0.39 is 11.6 Å². The molecule has 0 aromatic heterocycles. The zero-order valence-corrected chi connectivity index (χ0v) is 18.5. The van der Waals surface area contributed by atoms with Crippen LogP contribution in [-0.2, 0) is 0 Å². The Morgan fingerprint density at radius 3 is 1.67 bits per heavy atom. The Morgan fingerprint density at radius 2 is 1.23 bits per heavy atom. The molecule has 3 rings (SSSR count). The van der Waals surface area contributed by atoms with Gasteiger partial charge in [-0.05, 0) is 74.3 Å². The van der Waals surface area contributed by atoms with Crippen molar-refractivity contribution in [3.63, 3.8) is 0 Å². The summed E-state index contributed by atoms with van der Waals surface area (Å²) in [5.41, 5.74) is 0. The second kappa shape index (κ2) is 11.7. The van der Waals surface area contributed by atoms with Crippen LogP contribution in [0.25, 0.3) is 0 Å². The molecule has 0 spiro atoms. The van der Waals surface area contributed by atoms with Crippen molar-refractivity contribution in [2.45, 2.75) is 77.6 Å². The molecule has 2 aliphatic carbocycles. The van der Waals surface area contributed by atoms with Crippen molar-refractivity contribution >= 4 is 0 Å². The Hall–Kier alpha value is -1.58. The second-order valence-electron chi connectivity index (χ2n) is 9.36. The molecule has 4 heteroatoms. The standard InChI is InChI=1S/C26H38F2O2/c1-3-5-6-20-9-13-22(14-10-20)18-30-24-16-15-23(25(27)26(24)28)29-17-21-11-7-19(4-2)8-12-21/h3,15-16,19-22H,1,4-14,17-18H2,2H3/t19-,20-,21-,22-. The van der Waals surface area contributed by atoms with Crippen LogP contribution in [0.3, 0.4) is 0 Å². The molecule has 0 unspecified atom stereocenters. The topological polar surface area (TPSA) is 18.5 Å². The zero-order valence-electron chi connectivity index (χ0n) is 18.5. The van der Waals surface area contributed by atoms with Crippen LogP contribution in [0.15, 0.2) is 24.8 Å². The number of halogens is 2. The van der Waals surface area contributed by atoms with Gasteiger partial charge in [0.2, 0.25) is 11.6 Å². The maximum Gasteiger partial charge on any atom is 0.204 e. The van der Waals surface area contributed by atoms with E-state index in [1.54, 1.807) is 0 Å². The Labute approximate surface area is 181 Å². The average molecular weight is 421 g/mol. The molecule has 0 amide bonds. The molecule has 168 valence electrons. The molecule has 0 saturated heterocycles. The third-order valence-corrected chi connectivity index (χ3v) is 7.25. The van der Waals surface area contributed by atoms with Gasteiger partial charge in [0.25, 0.3) is 0 Å². The number of hydrogen-bond donors (Lipinski definition) is 0. The lowest BCUT2D eigenvalue weighted by molar-refractivity contribution is 0.168. The van der Waals surface area contributed by atoms with Crippen molar-refractivity contribution in [2.24, 2.45) is 23.7 Å². The lowest BCUT2D eigenvalue weighted by atomic mass is 9.80. The molecule has 0 heterocycles. The SMILES string of the molecule is C=CCC[C@H]1CC[C@H](COc2ccc(OC[C@H]3CC[C@H](CC)CC3)c(F)c2F)CC1. The maximum atomic E-state index is 14.5. The smallest absolute Gasteiger partial charge is 0.204 e. The zero-order chi connectivity index (χ0) is 21.3. The molecule has 0 radical (unpaired) electrons. The fourth-order valence-corrected chi connectivity index (χ4v) is 5.00. The molecule has 0 bridgehead atoms. The third kappa shape index (κ3) is 6.46. The highest BCUT2D eigenvalue weighted by atomic mass is 19.2. The van der Waals surface area contributed by atoms with E-state index >= 15 is 0 Å². The van der Waals surface area contributed by atoms with Crippen molar-refractivity contribution in [2.75, 3.05) is 13.2 Å². The van der Waals surface area contributed by atoms with Crippen LogP contribution in [0.2, 0.25) is 0 Å². The maximum absolute atomic E-state index is 14.5. The van der Waals surface area contributed by atoms with Gasteiger partial charge in [0.1, 0.15) is 0 Å². The number of benzene rings is 1. The molecule has 0 atom stereocenters. The number of allylic oxidation sites excluding steroid dienone is 1. The fourth-order valence-electron chi connectivity index (χ4n) is 5.00. The summed E-state index contributed by atoms with van der Waals surface area (Å²) in [5.74, 6) is 0.576. The summed E-state index contributed by atoms with van der Waals surface area (Å²) < 4.78 is 40.3. The van der Waals surface area contributed by atoms with Crippen LogP contribution in [0, 0.1) is 35.3 Å². The average Bonchev–Trinajstić information content (AvgIpc) is 2.79. The minimum atomic E-state index is -0.929. The van der Waals surface area contributed by atoms with Crippen LogP contribution >= 0.6 is 0 Å². The van der Waals surface area contributed by atoms with Crippen molar-refractivity contribution in [3.8, 4) is 11.5 Å². The first kappa shape index (κ1) is 23.1. The van der Waals surface area contributed by atoms with Crippen molar-refractivity contribution < 1.29 is 18.3 Å². The Morgan fingerprint density at radius 1 is 0.800 bits per heavy atom. The lowest BCUT2D eigenvalue weighted by Crippen LogP contribution is -2.21. The highest BCUT2D eigenvalue weighted by Gasteiger charge is 2.24. The summed E-state index contributed by atoms with van der Waals surface area (Å²) in [6.07, 6.45) is 14.7. The van der Waals surface area contributed by atoms with Gasteiger partial charge in [0, 0.05) is 0 Å². The summed E-state index contributed by atoms with van der Waals surface area (Å²) in [7, 11) is 0. The van der Waals surface area contributed by atoms with Gasteiger partial charge in [-0.25, -0.2) is 0 Å². The molecule has 30 heavy (non-hydrogen) atoms. The lowest BCUT2D eigenvalue weighted by Gasteiger charge is -2.28. The third-order valence-electron chi connectivity index (χ3n) is 7.25. The second-order valence-corrected chi connectivity index (χ2v) is 9.36. The highest BCUT2D eigenvalue weighted by Crippen LogP contribution is 2.34. The van der Waals surface area contributed by atoms with Gasteiger partial charge in [-0.3, -0.25) is 0 Å². The monoisotopic (exact) mass is 420 g/mol. The molecular weight excluding hydrogens is 382 g/mol. The van der Waals surface area contributed by atoms with Gasteiger partial charge in [0.05, 0.1) is 13.2 Å². The fraction of sp³-hybridized carbons (Fsp3) is 0.692. The van der Waals surface area contributed by atoms with E-state index in [1.807, 2.05) is 6.08 Å². The van der Waals surface area contributed by atoms with Gasteiger partial charge < -0.3 is 9.47 Å². The minimum Gasteiger partial charge on any atom is -0.490 e. The van der Waals surface area contributed by atoms with Gasteiger partial charge in [-0.1, -0.05) is 45.1 Å². The normalized spacial score (nSPS) is 26.9.